The van der Waals surface area contributed by atoms with Gasteiger partial charge in [0.05, 0.1) is 10.7 Å². The van der Waals surface area contributed by atoms with E-state index in [1.54, 1.807) is 11.3 Å². The highest BCUT2D eigenvalue weighted by molar-refractivity contribution is 7.09. The Bertz CT molecular complexity index is 314. The Hall–Kier alpha value is -0.450. The van der Waals surface area contributed by atoms with E-state index in [9.17, 15) is 0 Å². The first-order valence-electron chi connectivity index (χ1n) is 5.75. The molecule has 0 aliphatic heterocycles. The lowest BCUT2D eigenvalue weighted by molar-refractivity contribution is 0.300. The number of aromatic nitrogens is 1. The molecule has 0 aliphatic rings. The van der Waals surface area contributed by atoms with Gasteiger partial charge in [-0.3, -0.25) is 0 Å². The molecule has 0 saturated carbocycles. The zero-order chi connectivity index (χ0) is 12.2. The Labute approximate surface area is 103 Å². The van der Waals surface area contributed by atoms with Crippen molar-refractivity contribution in [3.05, 3.63) is 16.1 Å². The highest BCUT2D eigenvalue weighted by atomic mass is 32.1. The average Bonchev–Trinajstić information content (AvgIpc) is 2.48. The monoisotopic (exact) mass is 241 g/mol. The molecule has 4 heteroatoms. The third kappa shape index (κ3) is 5.58. The van der Waals surface area contributed by atoms with Gasteiger partial charge in [-0.25, -0.2) is 4.98 Å². The summed E-state index contributed by atoms with van der Waals surface area (Å²) in [6.45, 7) is 8.23. The fourth-order valence-electron chi connectivity index (χ4n) is 1.64. The van der Waals surface area contributed by atoms with Gasteiger partial charge < -0.3 is 10.6 Å². The summed E-state index contributed by atoms with van der Waals surface area (Å²) in [6, 6.07) is 0. The smallest absolute Gasteiger partial charge is 0.0897 e. The maximum atomic E-state index is 5.95. The minimum atomic E-state index is -0.0436. The van der Waals surface area contributed by atoms with Gasteiger partial charge in [0.2, 0.25) is 0 Å². The topological polar surface area (TPSA) is 42.2 Å². The van der Waals surface area contributed by atoms with Gasteiger partial charge in [-0.2, -0.15) is 0 Å². The zero-order valence-corrected chi connectivity index (χ0v) is 11.6. The molecule has 0 amide bonds. The third-order valence-electron chi connectivity index (χ3n) is 2.46. The Morgan fingerprint density at radius 1 is 1.50 bits per heavy atom. The molecule has 16 heavy (non-hydrogen) atoms. The van der Waals surface area contributed by atoms with E-state index < -0.39 is 0 Å². The van der Waals surface area contributed by atoms with E-state index in [-0.39, 0.29) is 5.54 Å². The van der Waals surface area contributed by atoms with Crippen LogP contribution in [0.4, 0.5) is 0 Å². The van der Waals surface area contributed by atoms with Gasteiger partial charge in [0, 0.05) is 17.5 Å². The lowest BCUT2D eigenvalue weighted by atomic mass is 10.0. The van der Waals surface area contributed by atoms with E-state index in [0.29, 0.717) is 0 Å². The number of rotatable bonds is 6. The van der Waals surface area contributed by atoms with Crippen molar-refractivity contribution in [3.63, 3.8) is 0 Å². The van der Waals surface area contributed by atoms with Gasteiger partial charge in [-0.1, -0.05) is 0 Å². The van der Waals surface area contributed by atoms with Gasteiger partial charge in [0.25, 0.3) is 0 Å². The highest BCUT2D eigenvalue weighted by Crippen LogP contribution is 2.11. The molecule has 1 aromatic rings. The molecule has 0 fully saturated rings. The fourth-order valence-corrected chi connectivity index (χ4v) is 2.24. The van der Waals surface area contributed by atoms with Crippen LogP contribution in [0, 0.1) is 6.92 Å². The first-order valence-corrected chi connectivity index (χ1v) is 6.63. The van der Waals surface area contributed by atoms with Gasteiger partial charge >= 0.3 is 0 Å². The van der Waals surface area contributed by atoms with Crippen LogP contribution in [0.3, 0.4) is 0 Å². The summed E-state index contributed by atoms with van der Waals surface area (Å²) in [7, 11) is 2.14. The van der Waals surface area contributed by atoms with Crippen molar-refractivity contribution < 1.29 is 0 Å². The molecule has 92 valence electrons. The van der Waals surface area contributed by atoms with Crippen LogP contribution >= 0.6 is 11.3 Å². The number of thiazole rings is 1. The first-order chi connectivity index (χ1) is 7.37. The molecule has 0 aliphatic carbocycles. The quantitative estimate of drug-likeness (QED) is 0.831. The van der Waals surface area contributed by atoms with Crippen LogP contribution in [0.25, 0.3) is 0 Å². The second-order valence-electron chi connectivity index (χ2n) is 5.19. The standard InChI is InChI=1S/C12H23N3S/c1-10-14-11(9-16-10)8-15(4)7-5-6-12(2,3)13/h9H,5-8,13H2,1-4H3. The lowest BCUT2D eigenvalue weighted by Gasteiger charge is -2.21. The molecular formula is C12H23N3S. The zero-order valence-electron chi connectivity index (χ0n) is 10.8. The maximum Gasteiger partial charge on any atom is 0.0897 e. The Morgan fingerprint density at radius 2 is 2.19 bits per heavy atom. The summed E-state index contributed by atoms with van der Waals surface area (Å²) >= 11 is 1.72. The lowest BCUT2D eigenvalue weighted by Crippen LogP contribution is -2.33. The summed E-state index contributed by atoms with van der Waals surface area (Å²) in [4.78, 5) is 6.77. The molecule has 0 atom stereocenters. The molecule has 0 unspecified atom stereocenters. The van der Waals surface area contributed by atoms with Crippen LogP contribution in [0.5, 0.6) is 0 Å². The van der Waals surface area contributed by atoms with E-state index in [0.717, 1.165) is 30.9 Å². The Kier molecular flexibility index (Phi) is 4.89. The van der Waals surface area contributed by atoms with Crippen molar-refractivity contribution in [1.82, 2.24) is 9.88 Å². The second kappa shape index (κ2) is 5.75. The number of nitrogens with two attached hydrogens (primary N) is 1. The number of aryl methyl sites for hydroxylation is 1. The van der Waals surface area contributed by atoms with Crippen molar-refractivity contribution in [1.29, 1.82) is 0 Å². The minimum absolute atomic E-state index is 0.0436. The highest BCUT2D eigenvalue weighted by Gasteiger charge is 2.10. The summed E-state index contributed by atoms with van der Waals surface area (Å²) in [5.74, 6) is 0. The average molecular weight is 241 g/mol. The van der Waals surface area contributed by atoms with E-state index >= 15 is 0 Å². The Morgan fingerprint density at radius 3 is 2.69 bits per heavy atom. The van der Waals surface area contributed by atoms with Crippen LogP contribution in [-0.2, 0) is 6.54 Å². The summed E-state index contributed by atoms with van der Waals surface area (Å²) < 4.78 is 0. The third-order valence-corrected chi connectivity index (χ3v) is 3.28. The van der Waals surface area contributed by atoms with Crippen molar-refractivity contribution in [2.24, 2.45) is 5.73 Å². The van der Waals surface area contributed by atoms with Crippen LogP contribution in [0.2, 0.25) is 0 Å². The fraction of sp³-hybridized carbons (Fsp3) is 0.750. The predicted octanol–water partition coefficient (Wildman–Crippen LogP) is 2.40. The van der Waals surface area contributed by atoms with Crippen LogP contribution in [0.15, 0.2) is 5.38 Å². The first kappa shape index (κ1) is 13.6. The normalized spacial score (nSPS) is 12.4. The SMILES string of the molecule is Cc1nc(CN(C)CCCC(C)(C)N)cs1. The van der Waals surface area contributed by atoms with Crippen LogP contribution < -0.4 is 5.73 Å². The number of hydrogen-bond donors (Lipinski definition) is 1. The molecule has 1 heterocycles. The maximum absolute atomic E-state index is 5.95. The van der Waals surface area contributed by atoms with Gasteiger partial charge in [-0.15, -0.1) is 11.3 Å². The predicted molar refractivity (Wildman–Crippen MR) is 70.7 cm³/mol. The van der Waals surface area contributed by atoms with Crippen molar-refractivity contribution >= 4 is 11.3 Å². The van der Waals surface area contributed by atoms with E-state index in [2.05, 4.69) is 36.2 Å². The molecular weight excluding hydrogens is 218 g/mol. The summed E-state index contributed by atoms with van der Waals surface area (Å²) in [5, 5.41) is 3.28. The van der Waals surface area contributed by atoms with Gasteiger partial charge in [0.1, 0.15) is 0 Å². The molecule has 2 N–H and O–H groups in total. The summed E-state index contributed by atoms with van der Waals surface area (Å²) in [5.41, 5.74) is 7.08. The molecule has 0 bridgehead atoms. The van der Waals surface area contributed by atoms with Gasteiger partial charge in [-0.05, 0) is 47.2 Å². The minimum Gasteiger partial charge on any atom is -0.326 e. The van der Waals surface area contributed by atoms with Crippen LogP contribution in [-0.4, -0.2) is 29.0 Å². The van der Waals surface area contributed by atoms with Crippen molar-refractivity contribution in [2.45, 2.75) is 45.7 Å². The number of nitrogens with zero attached hydrogens (tertiary/aromatic N) is 2. The number of hydrogen-bond acceptors (Lipinski definition) is 4. The molecule has 1 rings (SSSR count). The largest absolute Gasteiger partial charge is 0.326 e. The Balaban J connectivity index is 2.23. The molecule has 0 spiro atoms. The molecule has 0 saturated heterocycles. The van der Waals surface area contributed by atoms with Crippen LogP contribution in [0.1, 0.15) is 37.4 Å². The van der Waals surface area contributed by atoms with Crippen molar-refractivity contribution in [2.75, 3.05) is 13.6 Å². The molecule has 0 aromatic carbocycles. The van der Waals surface area contributed by atoms with E-state index in [1.165, 1.54) is 5.69 Å². The second-order valence-corrected chi connectivity index (χ2v) is 6.25. The van der Waals surface area contributed by atoms with E-state index in [4.69, 9.17) is 5.73 Å². The van der Waals surface area contributed by atoms with Crippen molar-refractivity contribution in [3.8, 4) is 0 Å². The van der Waals surface area contributed by atoms with E-state index in [1.807, 2.05) is 6.92 Å². The molecule has 1 aromatic heterocycles. The summed E-state index contributed by atoms with van der Waals surface area (Å²) in [6.07, 6.45) is 2.20. The molecule has 0 radical (unpaired) electrons. The molecule has 3 nitrogen and oxygen atoms in total. The van der Waals surface area contributed by atoms with Gasteiger partial charge in [0.15, 0.2) is 0 Å².